The van der Waals surface area contributed by atoms with Crippen molar-refractivity contribution in [2.24, 2.45) is 0 Å². The first-order chi connectivity index (χ1) is 14.6. The monoisotopic (exact) mass is 464 g/mol. The van der Waals surface area contributed by atoms with Crippen LogP contribution in [0.5, 0.6) is 5.75 Å². The van der Waals surface area contributed by atoms with E-state index in [4.69, 9.17) is 15.8 Å². The number of amides is 1. The van der Waals surface area contributed by atoms with E-state index >= 15 is 0 Å². The third kappa shape index (κ3) is 4.38. The van der Waals surface area contributed by atoms with Crippen LogP contribution in [0, 0.1) is 6.92 Å². The summed E-state index contributed by atoms with van der Waals surface area (Å²) >= 11 is 5.85. The molecule has 0 saturated heterocycles. The predicted molar refractivity (Wildman–Crippen MR) is 117 cm³/mol. The van der Waals surface area contributed by atoms with Crippen molar-refractivity contribution in [2.75, 3.05) is 11.4 Å². The molecule has 0 radical (unpaired) electrons. The van der Waals surface area contributed by atoms with E-state index in [2.05, 4.69) is 0 Å². The van der Waals surface area contributed by atoms with Gasteiger partial charge in [0.15, 0.2) is 0 Å². The van der Waals surface area contributed by atoms with E-state index in [1.54, 1.807) is 25.1 Å². The zero-order chi connectivity index (χ0) is 22.9. The van der Waals surface area contributed by atoms with Crippen molar-refractivity contribution in [3.63, 3.8) is 0 Å². The van der Waals surface area contributed by atoms with Crippen LogP contribution in [0.15, 0.2) is 47.4 Å². The molecule has 0 spiro atoms. The second-order valence-corrected chi connectivity index (χ2v) is 8.74. The quantitative estimate of drug-likeness (QED) is 0.532. The van der Waals surface area contributed by atoms with Gasteiger partial charge in [-0.1, -0.05) is 17.7 Å². The normalized spacial score (nSPS) is 11.5. The van der Waals surface area contributed by atoms with Crippen LogP contribution in [0.4, 0.5) is 5.69 Å². The summed E-state index contributed by atoms with van der Waals surface area (Å²) in [5, 5.41) is 10.0. The van der Waals surface area contributed by atoms with Crippen LogP contribution in [0.2, 0.25) is 5.02 Å². The van der Waals surface area contributed by atoms with Crippen LogP contribution in [-0.4, -0.2) is 36.5 Å². The SMILES string of the molecule is CCN(C(C)=O)c1cccc2c1c(S(=O)(=O)Oc1ccc(Cl)cc1)c(C)n2CC(=O)O. The summed E-state index contributed by atoms with van der Waals surface area (Å²) in [6.07, 6.45) is 0. The molecule has 1 N–H and O–H groups in total. The Hall–Kier alpha value is -3.04. The highest BCUT2D eigenvalue weighted by molar-refractivity contribution is 7.87. The number of nitrogens with zero attached hydrogens (tertiary/aromatic N) is 2. The Balaban J connectivity index is 2.32. The van der Waals surface area contributed by atoms with Gasteiger partial charge in [-0.3, -0.25) is 9.59 Å². The van der Waals surface area contributed by atoms with Gasteiger partial charge in [0.25, 0.3) is 0 Å². The summed E-state index contributed by atoms with van der Waals surface area (Å²) < 4.78 is 33.4. The number of carboxylic acid groups (broad SMARTS) is 1. The lowest BCUT2D eigenvalue weighted by Crippen LogP contribution is -2.28. The Kier molecular flexibility index (Phi) is 6.28. The molecule has 0 unspecified atom stereocenters. The molecule has 1 heterocycles. The van der Waals surface area contributed by atoms with E-state index in [0.29, 0.717) is 22.8 Å². The lowest BCUT2D eigenvalue weighted by Gasteiger charge is -2.21. The number of carbonyl (C=O) groups excluding carboxylic acids is 1. The Bertz CT molecular complexity index is 1270. The maximum atomic E-state index is 13.3. The standard InChI is InChI=1S/C21H21ClN2O6S/c1-4-23(14(3)25)17-6-5-7-18-20(17)21(13(2)24(18)12-19(26)27)31(28,29)30-16-10-8-15(22)9-11-16/h5-11H,4,12H2,1-3H3,(H,26,27). The largest absolute Gasteiger partial charge is 0.480 e. The minimum Gasteiger partial charge on any atom is -0.480 e. The molecule has 2 aromatic carbocycles. The van der Waals surface area contributed by atoms with Crippen molar-refractivity contribution in [2.45, 2.75) is 32.2 Å². The number of carboxylic acids is 1. The topological polar surface area (TPSA) is 106 Å². The summed E-state index contributed by atoms with van der Waals surface area (Å²) in [4.78, 5) is 24.9. The predicted octanol–water partition coefficient (Wildman–Crippen LogP) is 3.83. The molecule has 3 rings (SSSR count). The van der Waals surface area contributed by atoms with E-state index in [1.807, 2.05) is 0 Å². The van der Waals surface area contributed by atoms with Crippen molar-refractivity contribution in [3.8, 4) is 5.75 Å². The van der Waals surface area contributed by atoms with Gasteiger partial charge < -0.3 is 18.8 Å². The number of aliphatic carboxylic acids is 1. The molecule has 3 aromatic rings. The van der Waals surface area contributed by atoms with E-state index in [0.717, 1.165) is 0 Å². The first-order valence-electron chi connectivity index (χ1n) is 9.38. The van der Waals surface area contributed by atoms with Crippen molar-refractivity contribution in [3.05, 3.63) is 53.2 Å². The number of rotatable bonds is 7. The van der Waals surface area contributed by atoms with Crippen LogP contribution in [0.3, 0.4) is 0 Å². The van der Waals surface area contributed by atoms with Crippen LogP contribution in [0.1, 0.15) is 19.5 Å². The van der Waals surface area contributed by atoms with Crippen LogP contribution < -0.4 is 9.08 Å². The zero-order valence-corrected chi connectivity index (χ0v) is 18.7. The van der Waals surface area contributed by atoms with Gasteiger partial charge in [0.1, 0.15) is 17.2 Å². The number of aromatic nitrogens is 1. The second-order valence-electron chi connectivity index (χ2n) is 6.82. The van der Waals surface area contributed by atoms with Crippen LogP contribution >= 0.6 is 11.6 Å². The lowest BCUT2D eigenvalue weighted by atomic mass is 10.2. The highest BCUT2D eigenvalue weighted by Crippen LogP contribution is 2.38. The second kappa shape index (κ2) is 8.60. The molecule has 0 aliphatic rings. The summed E-state index contributed by atoms with van der Waals surface area (Å²) in [6.45, 7) is 4.50. The average Bonchev–Trinajstić information content (AvgIpc) is 2.96. The Morgan fingerprint density at radius 3 is 2.35 bits per heavy atom. The molecule has 1 amide bonds. The van der Waals surface area contributed by atoms with Gasteiger partial charge in [-0.15, -0.1) is 0 Å². The van der Waals surface area contributed by atoms with E-state index in [1.165, 1.54) is 47.6 Å². The van der Waals surface area contributed by atoms with Gasteiger partial charge in [0.2, 0.25) is 5.91 Å². The van der Waals surface area contributed by atoms with E-state index in [9.17, 15) is 23.1 Å². The van der Waals surface area contributed by atoms with Gasteiger partial charge in [-0.25, -0.2) is 0 Å². The maximum Gasteiger partial charge on any atom is 0.341 e. The lowest BCUT2D eigenvalue weighted by molar-refractivity contribution is -0.137. The summed E-state index contributed by atoms with van der Waals surface area (Å²) in [5.74, 6) is -1.35. The van der Waals surface area contributed by atoms with Crippen LogP contribution in [0.25, 0.3) is 10.9 Å². The highest BCUT2D eigenvalue weighted by atomic mass is 35.5. The molecule has 164 valence electrons. The van der Waals surface area contributed by atoms with Crippen molar-refractivity contribution >= 4 is 50.2 Å². The molecule has 0 atom stereocenters. The minimum atomic E-state index is -4.38. The van der Waals surface area contributed by atoms with Gasteiger partial charge in [0.05, 0.1) is 11.2 Å². The molecule has 0 saturated carbocycles. The summed E-state index contributed by atoms with van der Waals surface area (Å²) in [7, 11) is -4.38. The molecule has 10 heteroatoms. The Labute approximate surface area is 184 Å². The first kappa shape index (κ1) is 22.6. The highest BCUT2D eigenvalue weighted by Gasteiger charge is 2.31. The smallest absolute Gasteiger partial charge is 0.341 e. The van der Waals surface area contributed by atoms with Gasteiger partial charge in [-0.2, -0.15) is 8.42 Å². The number of fused-ring (bicyclic) bond motifs is 1. The number of carbonyl (C=O) groups is 2. The number of hydrogen-bond acceptors (Lipinski definition) is 5. The fourth-order valence-corrected chi connectivity index (χ4v) is 5.07. The van der Waals surface area contributed by atoms with Gasteiger partial charge in [0, 0.05) is 29.6 Å². The van der Waals surface area contributed by atoms with Crippen molar-refractivity contribution in [1.82, 2.24) is 4.57 Å². The molecule has 0 bridgehead atoms. The van der Waals surface area contributed by atoms with Gasteiger partial charge >= 0.3 is 16.1 Å². The Morgan fingerprint density at radius 2 is 1.81 bits per heavy atom. The number of benzene rings is 2. The zero-order valence-electron chi connectivity index (χ0n) is 17.1. The molecule has 8 nitrogen and oxygen atoms in total. The third-order valence-corrected chi connectivity index (χ3v) is 6.49. The molecule has 0 aliphatic heterocycles. The number of halogens is 1. The molecule has 0 fully saturated rings. The fourth-order valence-electron chi connectivity index (χ4n) is 3.56. The van der Waals surface area contributed by atoms with Gasteiger partial charge in [-0.05, 0) is 50.2 Å². The number of hydrogen-bond donors (Lipinski definition) is 1. The summed E-state index contributed by atoms with van der Waals surface area (Å²) in [6, 6.07) is 10.7. The minimum absolute atomic E-state index is 0.0549. The maximum absolute atomic E-state index is 13.3. The average molecular weight is 465 g/mol. The van der Waals surface area contributed by atoms with E-state index in [-0.39, 0.29) is 27.6 Å². The molecular formula is C21H21ClN2O6S. The Morgan fingerprint density at radius 1 is 1.16 bits per heavy atom. The fraction of sp³-hybridized carbons (Fsp3) is 0.238. The molecule has 1 aromatic heterocycles. The van der Waals surface area contributed by atoms with Crippen LogP contribution in [-0.2, 0) is 26.3 Å². The summed E-state index contributed by atoms with van der Waals surface area (Å²) in [5.41, 5.74) is 0.923. The molecular weight excluding hydrogens is 444 g/mol. The van der Waals surface area contributed by atoms with Crippen molar-refractivity contribution in [1.29, 1.82) is 0 Å². The number of anilines is 1. The third-order valence-electron chi connectivity index (χ3n) is 4.82. The van der Waals surface area contributed by atoms with E-state index < -0.39 is 22.6 Å². The van der Waals surface area contributed by atoms with Crippen molar-refractivity contribution < 1.29 is 27.3 Å². The first-order valence-corrected chi connectivity index (χ1v) is 11.2. The molecule has 31 heavy (non-hydrogen) atoms. The molecule has 0 aliphatic carbocycles.